The first-order valence-corrected chi connectivity index (χ1v) is 12.1. The molecular formula is C23H18Br2N4OS. The number of nitrogens with zero attached hydrogens (tertiary/aromatic N) is 3. The van der Waals surface area contributed by atoms with Crippen molar-refractivity contribution in [3.8, 4) is 5.69 Å². The normalized spacial score (nSPS) is 10.8. The maximum absolute atomic E-state index is 12.5. The van der Waals surface area contributed by atoms with E-state index in [-0.39, 0.29) is 12.5 Å². The number of hydrogen-bond acceptors (Lipinski definition) is 4. The number of hydrogen-bond donors (Lipinski definition) is 1. The van der Waals surface area contributed by atoms with E-state index < -0.39 is 0 Å². The van der Waals surface area contributed by atoms with Gasteiger partial charge in [-0.05, 0) is 54.1 Å². The topological polar surface area (TPSA) is 59.8 Å². The first-order chi connectivity index (χ1) is 15.1. The van der Waals surface area contributed by atoms with Crippen molar-refractivity contribution < 1.29 is 4.79 Å². The van der Waals surface area contributed by atoms with Crippen molar-refractivity contribution in [2.45, 2.75) is 17.5 Å². The van der Waals surface area contributed by atoms with Crippen molar-refractivity contribution in [1.82, 2.24) is 20.1 Å². The second-order valence-corrected chi connectivity index (χ2v) is 9.45. The molecule has 1 heterocycles. The number of rotatable bonds is 7. The summed E-state index contributed by atoms with van der Waals surface area (Å²) in [6.07, 6.45) is 0. The maximum atomic E-state index is 12.5. The van der Waals surface area contributed by atoms with Crippen molar-refractivity contribution in [2.75, 3.05) is 0 Å². The molecule has 0 saturated carbocycles. The summed E-state index contributed by atoms with van der Waals surface area (Å²) in [5, 5.41) is 12.5. The maximum Gasteiger partial charge on any atom is 0.251 e. The van der Waals surface area contributed by atoms with E-state index in [4.69, 9.17) is 0 Å². The fourth-order valence-corrected chi connectivity index (χ4v) is 4.39. The lowest BCUT2D eigenvalue weighted by atomic mass is 10.2. The third-order valence-electron chi connectivity index (χ3n) is 4.51. The second kappa shape index (κ2) is 10.3. The van der Waals surface area contributed by atoms with E-state index in [1.807, 2.05) is 59.2 Å². The summed E-state index contributed by atoms with van der Waals surface area (Å²) in [5.41, 5.74) is 2.75. The number of nitrogens with one attached hydrogen (secondary N) is 1. The van der Waals surface area contributed by atoms with Crippen LogP contribution in [0.15, 0.2) is 93.0 Å². The predicted molar refractivity (Wildman–Crippen MR) is 130 cm³/mol. The minimum absolute atomic E-state index is 0.143. The highest BCUT2D eigenvalue weighted by atomic mass is 79.9. The third kappa shape index (κ3) is 5.64. The molecule has 0 aliphatic heterocycles. The number of carbonyl (C=O) groups excluding carboxylic acids is 1. The van der Waals surface area contributed by atoms with Crippen LogP contribution in [0, 0.1) is 0 Å². The average Bonchev–Trinajstić information content (AvgIpc) is 3.21. The summed E-state index contributed by atoms with van der Waals surface area (Å²) in [6, 6.07) is 25.3. The molecule has 0 fully saturated rings. The van der Waals surface area contributed by atoms with E-state index in [0.717, 1.165) is 25.5 Å². The Balaban J connectivity index is 1.56. The Kier molecular flexibility index (Phi) is 7.21. The Labute approximate surface area is 201 Å². The van der Waals surface area contributed by atoms with Crippen LogP contribution >= 0.6 is 43.6 Å². The number of halogens is 2. The molecule has 156 valence electrons. The van der Waals surface area contributed by atoms with E-state index >= 15 is 0 Å². The molecule has 3 aromatic carbocycles. The van der Waals surface area contributed by atoms with Gasteiger partial charge < -0.3 is 5.32 Å². The molecule has 0 saturated heterocycles. The molecule has 1 aromatic heterocycles. The van der Waals surface area contributed by atoms with Gasteiger partial charge in [-0.2, -0.15) is 0 Å². The highest BCUT2D eigenvalue weighted by molar-refractivity contribution is 9.10. The summed E-state index contributed by atoms with van der Waals surface area (Å²) in [6.45, 7) is 0.273. The summed E-state index contributed by atoms with van der Waals surface area (Å²) in [4.78, 5) is 12.5. The number of thioether (sulfide) groups is 1. The van der Waals surface area contributed by atoms with E-state index in [1.54, 1.807) is 23.9 Å². The number of benzene rings is 3. The van der Waals surface area contributed by atoms with Crippen LogP contribution in [0.1, 0.15) is 21.7 Å². The molecule has 4 aromatic rings. The lowest BCUT2D eigenvalue weighted by Crippen LogP contribution is -2.24. The third-order valence-corrected chi connectivity index (χ3v) is 6.57. The van der Waals surface area contributed by atoms with Crippen LogP contribution in [-0.4, -0.2) is 20.7 Å². The molecular weight excluding hydrogens is 540 g/mol. The number of amides is 1. The quantitative estimate of drug-likeness (QED) is 0.282. The summed E-state index contributed by atoms with van der Waals surface area (Å²) >= 11 is 8.56. The van der Waals surface area contributed by atoms with Gasteiger partial charge in [0.2, 0.25) is 0 Å². The van der Waals surface area contributed by atoms with Gasteiger partial charge in [-0.1, -0.05) is 74.0 Å². The zero-order chi connectivity index (χ0) is 21.6. The van der Waals surface area contributed by atoms with Crippen LogP contribution < -0.4 is 5.32 Å². The second-order valence-electron chi connectivity index (χ2n) is 6.67. The van der Waals surface area contributed by atoms with Crippen LogP contribution in [0.5, 0.6) is 0 Å². The molecule has 8 heteroatoms. The van der Waals surface area contributed by atoms with Crippen molar-refractivity contribution in [3.05, 3.63) is 105 Å². The molecule has 0 radical (unpaired) electrons. The Hall–Kier alpha value is -2.42. The Morgan fingerprint density at radius 3 is 2.19 bits per heavy atom. The molecule has 0 spiro atoms. The van der Waals surface area contributed by atoms with Gasteiger partial charge in [-0.3, -0.25) is 9.36 Å². The van der Waals surface area contributed by atoms with Crippen molar-refractivity contribution >= 4 is 49.5 Å². The Morgan fingerprint density at radius 1 is 0.871 bits per heavy atom. The lowest BCUT2D eigenvalue weighted by Gasteiger charge is -2.11. The fraction of sp³-hybridized carbons (Fsp3) is 0.0870. The summed E-state index contributed by atoms with van der Waals surface area (Å²) in [5.74, 6) is 1.29. The molecule has 31 heavy (non-hydrogen) atoms. The van der Waals surface area contributed by atoms with Gasteiger partial charge in [0, 0.05) is 25.9 Å². The van der Waals surface area contributed by atoms with Crippen LogP contribution in [0.4, 0.5) is 0 Å². The monoisotopic (exact) mass is 556 g/mol. The van der Waals surface area contributed by atoms with E-state index in [0.29, 0.717) is 11.4 Å². The number of aromatic nitrogens is 3. The largest absolute Gasteiger partial charge is 0.345 e. The molecule has 5 nitrogen and oxygen atoms in total. The van der Waals surface area contributed by atoms with Gasteiger partial charge in [0.1, 0.15) is 0 Å². The zero-order valence-corrected chi connectivity index (χ0v) is 20.3. The molecule has 1 N–H and O–H groups in total. The molecule has 0 bridgehead atoms. The standard InChI is InChI=1S/C23H18Br2N4OS/c24-18-8-6-16(7-9-18)15-31-23-28-27-21(29(23)20-12-10-19(25)11-13-20)14-26-22(30)17-4-2-1-3-5-17/h1-13H,14-15H2,(H,26,30). The lowest BCUT2D eigenvalue weighted by molar-refractivity contribution is 0.0949. The van der Waals surface area contributed by atoms with Crippen LogP contribution in [0.3, 0.4) is 0 Å². The van der Waals surface area contributed by atoms with Gasteiger partial charge in [0.05, 0.1) is 6.54 Å². The van der Waals surface area contributed by atoms with Gasteiger partial charge in [-0.15, -0.1) is 10.2 Å². The minimum Gasteiger partial charge on any atom is -0.345 e. The van der Waals surface area contributed by atoms with E-state index in [2.05, 4.69) is 59.5 Å². The van der Waals surface area contributed by atoms with Gasteiger partial charge in [0.15, 0.2) is 11.0 Å². The summed E-state index contributed by atoms with van der Waals surface area (Å²) in [7, 11) is 0. The summed E-state index contributed by atoms with van der Waals surface area (Å²) < 4.78 is 4.03. The molecule has 0 aliphatic rings. The van der Waals surface area contributed by atoms with Gasteiger partial charge in [0.25, 0.3) is 5.91 Å². The van der Waals surface area contributed by atoms with E-state index in [1.165, 1.54) is 5.56 Å². The highest BCUT2D eigenvalue weighted by Crippen LogP contribution is 2.26. The van der Waals surface area contributed by atoms with Crippen molar-refractivity contribution in [1.29, 1.82) is 0 Å². The Bertz CT molecular complexity index is 1160. The molecule has 0 atom stereocenters. The van der Waals surface area contributed by atoms with Crippen LogP contribution in [-0.2, 0) is 12.3 Å². The van der Waals surface area contributed by atoms with E-state index in [9.17, 15) is 4.79 Å². The smallest absolute Gasteiger partial charge is 0.251 e. The van der Waals surface area contributed by atoms with Crippen molar-refractivity contribution in [2.24, 2.45) is 0 Å². The van der Waals surface area contributed by atoms with Crippen LogP contribution in [0.25, 0.3) is 5.69 Å². The SMILES string of the molecule is O=C(NCc1nnc(SCc2ccc(Br)cc2)n1-c1ccc(Br)cc1)c1ccccc1. The molecule has 0 aliphatic carbocycles. The highest BCUT2D eigenvalue weighted by Gasteiger charge is 2.16. The number of carbonyl (C=O) groups is 1. The average molecular weight is 558 g/mol. The molecule has 1 amide bonds. The fourth-order valence-electron chi connectivity index (χ4n) is 2.94. The van der Waals surface area contributed by atoms with Crippen molar-refractivity contribution in [3.63, 3.8) is 0 Å². The molecule has 4 rings (SSSR count). The predicted octanol–water partition coefficient (Wildman–Crippen LogP) is 6.01. The first-order valence-electron chi connectivity index (χ1n) is 9.51. The van der Waals surface area contributed by atoms with Gasteiger partial charge in [-0.25, -0.2) is 0 Å². The molecule has 0 unspecified atom stereocenters. The zero-order valence-electron chi connectivity index (χ0n) is 16.3. The van der Waals surface area contributed by atoms with Gasteiger partial charge >= 0.3 is 0 Å². The van der Waals surface area contributed by atoms with Crippen LogP contribution in [0.2, 0.25) is 0 Å². The first kappa shape index (κ1) is 21.8. The minimum atomic E-state index is -0.143. The Morgan fingerprint density at radius 2 is 1.52 bits per heavy atom.